The quantitative estimate of drug-likeness (QED) is 0.491. The van der Waals surface area contributed by atoms with E-state index < -0.39 is 18.6 Å². The van der Waals surface area contributed by atoms with E-state index in [4.69, 9.17) is 15.9 Å². The molecule has 4 nitrogen and oxygen atoms in total. The van der Waals surface area contributed by atoms with Crippen LogP contribution in [0.3, 0.4) is 0 Å². The third-order valence-electron chi connectivity index (χ3n) is 0.514. The van der Waals surface area contributed by atoms with Crippen LogP contribution in [0.15, 0.2) is 0 Å². The molecule has 0 aromatic rings. The molecule has 0 bridgehead atoms. The Bertz CT molecular complexity index is 76.9. The molecule has 1 unspecified atom stereocenters. The molecule has 2 radical (unpaired) electrons. The fraction of sp³-hybridized carbons (Fsp3) is 0.667. The van der Waals surface area contributed by atoms with Gasteiger partial charge in [-0.1, -0.05) is 0 Å². The van der Waals surface area contributed by atoms with Crippen LogP contribution in [-0.2, 0) is 4.79 Å². The molecule has 0 aromatic carbocycles. The average Bonchev–Trinajstić information content (AvgIpc) is 1.65. The van der Waals surface area contributed by atoms with Gasteiger partial charge in [-0.3, -0.25) is 4.79 Å². The van der Waals surface area contributed by atoms with E-state index in [1.807, 2.05) is 0 Å². The van der Waals surface area contributed by atoms with Crippen LogP contribution in [0, 0.1) is 0 Å². The number of rotatable bonds is 2. The van der Waals surface area contributed by atoms with E-state index in [0.29, 0.717) is 0 Å². The number of hydrogen-bond donors (Lipinski definition) is 3. The maximum atomic E-state index is 9.65. The van der Waals surface area contributed by atoms with Crippen molar-refractivity contribution in [2.24, 2.45) is 5.73 Å². The molecule has 1 atom stereocenters. The summed E-state index contributed by atoms with van der Waals surface area (Å²) in [6, 6.07) is -1.13. The Labute approximate surface area is 66.8 Å². The molecule has 5 heteroatoms. The van der Waals surface area contributed by atoms with Crippen molar-refractivity contribution < 1.29 is 15.0 Å². The van der Waals surface area contributed by atoms with Gasteiger partial charge in [0.2, 0.25) is 0 Å². The molecule has 0 heterocycles. The molecule has 0 amide bonds. The summed E-state index contributed by atoms with van der Waals surface area (Å²) >= 11 is 0. The summed E-state index contributed by atoms with van der Waals surface area (Å²) < 4.78 is 0. The Morgan fingerprint density at radius 1 is 1.75 bits per heavy atom. The van der Waals surface area contributed by atoms with Crippen LogP contribution in [0.2, 0.25) is 0 Å². The number of carbonyl (C=O) groups is 1. The van der Waals surface area contributed by atoms with Crippen molar-refractivity contribution in [2.45, 2.75) is 6.04 Å². The van der Waals surface area contributed by atoms with Crippen LogP contribution in [0.25, 0.3) is 0 Å². The second-order valence-corrected chi connectivity index (χ2v) is 1.13. The van der Waals surface area contributed by atoms with Crippen molar-refractivity contribution in [3.05, 3.63) is 0 Å². The first-order valence-electron chi connectivity index (χ1n) is 1.77. The molecule has 0 rings (SSSR count). The summed E-state index contributed by atoms with van der Waals surface area (Å²) in [6.07, 6.45) is 0. The zero-order valence-corrected chi connectivity index (χ0v) is 9.87. The first-order valence-corrected chi connectivity index (χ1v) is 1.77. The van der Waals surface area contributed by atoms with Crippen LogP contribution in [0.1, 0.15) is 0 Å². The molecule has 0 spiro atoms. The average molecular weight is 314 g/mol. The zero-order valence-electron chi connectivity index (χ0n) is 4.37. The Morgan fingerprint density at radius 2 is 2.12 bits per heavy atom. The van der Waals surface area contributed by atoms with Crippen LogP contribution < -0.4 is 5.73 Å². The van der Waals surface area contributed by atoms with Crippen molar-refractivity contribution in [2.75, 3.05) is 6.61 Å². The van der Waals surface area contributed by atoms with E-state index in [1.165, 1.54) is 0 Å². The fourth-order valence-electron chi connectivity index (χ4n) is 0.0781. The SMILES string of the molecule is NC(CO)C(=O)O.[PbH2]. The van der Waals surface area contributed by atoms with Crippen LogP contribution in [0.5, 0.6) is 0 Å². The van der Waals surface area contributed by atoms with E-state index in [-0.39, 0.29) is 27.3 Å². The Morgan fingerprint density at radius 3 is 2.12 bits per heavy atom. The van der Waals surface area contributed by atoms with Crippen molar-refractivity contribution in [3.63, 3.8) is 0 Å². The van der Waals surface area contributed by atoms with Crippen molar-refractivity contribution >= 4 is 33.3 Å². The minimum atomic E-state index is -1.18. The number of aliphatic carboxylic acids is 1. The Balaban J connectivity index is 0. The van der Waals surface area contributed by atoms with E-state index in [2.05, 4.69) is 0 Å². The van der Waals surface area contributed by atoms with Gasteiger partial charge >= 0.3 is 33.3 Å². The number of carboxylic acids is 1. The van der Waals surface area contributed by atoms with Gasteiger partial charge in [0, 0.05) is 0 Å². The Hall–Kier alpha value is 0.312. The second kappa shape index (κ2) is 5.45. The van der Waals surface area contributed by atoms with Gasteiger partial charge < -0.3 is 15.9 Å². The maximum absolute atomic E-state index is 9.65. The standard InChI is InChI=1S/C3H7NO3.Pb.2H/c4-2(1-5)3(6)7;;;/h2,5H,1,4H2,(H,6,7);;;. The normalized spacial score (nSPS) is 11.8. The molecule has 0 aliphatic carbocycles. The van der Waals surface area contributed by atoms with Gasteiger partial charge in [0.1, 0.15) is 6.04 Å². The third-order valence-corrected chi connectivity index (χ3v) is 0.514. The van der Waals surface area contributed by atoms with Gasteiger partial charge in [-0.25, -0.2) is 0 Å². The predicted octanol–water partition coefficient (Wildman–Crippen LogP) is -2.53. The van der Waals surface area contributed by atoms with Gasteiger partial charge in [-0.15, -0.1) is 0 Å². The van der Waals surface area contributed by atoms with Gasteiger partial charge in [-0.2, -0.15) is 0 Å². The second-order valence-electron chi connectivity index (χ2n) is 1.13. The van der Waals surface area contributed by atoms with Crippen molar-refractivity contribution in [1.82, 2.24) is 0 Å². The first-order chi connectivity index (χ1) is 3.18. The number of hydrogen-bond acceptors (Lipinski definition) is 3. The van der Waals surface area contributed by atoms with Crippen LogP contribution in [-0.4, -0.2) is 56.1 Å². The number of aliphatic hydroxyl groups excluding tert-OH is 1. The molecule has 0 aliphatic rings. The minimum absolute atomic E-state index is 0. The number of aliphatic hydroxyl groups is 1. The molecular formula is C3H9NO3Pb. The number of carboxylic acid groups (broad SMARTS) is 1. The summed E-state index contributed by atoms with van der Waals surface area (Å²) in [4.78, 5) is 9.65. The first kappa shape index (κ1) is 11.2. The van der Waals surface area contributed by atoms with Gasteiger partial charge in [0.25, 0.3) is 0 Å². The number of nitrogens with two attached hydrogens (primary N) is 1. The fourth-order valence-corrected chi connectivity index (χ4v) is 0.0781. The molecule has 0 aromatic heterocycles. The monoisotopic (exact) mass is 315 g/mol. The molecule has 4 N–H and O–H groups in total. The topological polar surface area (TPSA) is 83.5 Å². The summed E-state index contributed by atoms with van der Waals surface area (Å²) in [5, 5.41) is 15.9. The molecule has 0 saturated carbocycles. The van der Waals surface area contributed by atoms with Crippen LogP contribution in [0.4, 0.5) is 0 Å². The molecule has 48 valence electrons. The van der Waals surface area contributed by atoms with E-state index in [9.17, 15) is 4.79 Å². The van der Waals surface area contributed by atoms with Gasteiger partial charge in [-0.05, 0) is 0 Å². The molecule has 0 fully saturated rings. The molecule has 0 aliphatic heterocycles. The molecule has 8 heavy (non-hydrogen) atoms. The van der Waals surface area contributed by atoms with Crippen molar-refractivity contribution in [1.29, 1.82) is 0 Å². The summed E-state index contributed by atoms with van der Waals surface area (Å²) in [6.45, 7) is -0.505. The molecular weight excluding hydrogens is 305 g/mol. The van der Waals surface area contributed by atoms with E-state index in [1.54, 1.807) is 0 Å². The van der Waals surface area contributed by atoms with E-state index in [0.717, 1.165) is 0 Å². The summed E-state index contributed by atoms with van der Waals surface area (Å²) in [5.41, 5.74) is 4.77. The van der Waals surface area contributed by atoms with E-state index >= 15 is 0 Å². The summed E-state index contributed by atoms with van der Waals surface area (Å²) in [7, 11) is 0. The van der Waals surface area contributed by atoms with Gasteiger partial charge in [0.05, 0.1) is 6.61 Å². The predicted molar refractivity (Wildman–Crippen MR) is 31.2 cm³/mol. The molecule has 0 saturated heterocycles. The van der Waals surface area contributed by atoms with Gasteiger partial charge in [0.15, 0.2) is 0 Å². The Kier molecular flexibility index (Phi) is 7.60. The zero-order chi connectivity index (χ0) is 5.86. The van der Waals surface area contributed by atoms with Crippen LogP contribution >= 0.6 is 0 Å². The summed E-state index contributed by atoms with van der Waals surface area (Å²) in [5.74, 6) is -1.18. The van der Waals surface area contributed by atoms with Crippen molar-refractivity contribution in [3.8, 4) is 0 Å². The third kappa shape index (κ3) is 4.47.